The van der Waals surface area contributed by atoms with Gasteiger partial charge >= 0.3 is 0 Å². The zero-order valence-electron chi connectivity index (χ0n) is 10.8. The van der Waals surface area contributed by atoms with Gasteiger partial charge in [0.15, 0.2) is 0 Å². The van der Waals surface area contributed by atoms with Crippen molar-refractivity contribution in [1.82, 2.24) is 0 Å². The Bertz CT molecular complexity index is 733. The maximum atomic E-state index is 11.5. The number of aliphatic hydroxyl groups excluding tert-OH is 1. The summed E-state index contributed by atoms with van der Waals surface area (Å²) in [6, 6.07) is 7.22. The van der Waals surface area contributed by atoms with Gasteiger partial charge in [0.25, 0.3) is 10.1 Å². The van der Waals surface area contributed by atoms with Crippen LogP contribution in [0.1, 0.15) is 16.7 Å². The molecule has 2 aromatic rings. The number of aliphatic hydroxyl groups is 1. The van der Waals surface area contributed by atoms with Crippen molar-refractivity contribution in [2.45, 2.75) is 25.2 Å². The minimum Gasteiger partial charge on any atom is -0.396 e. The number of benzene rings is 2. The van der Waals surface area contributed by atoms with Crippen molar-refractivity contribution in [3.63, 3.8) is 0 Å². The maximum Gasteiger partial charge on any atom is 0.294 e. The molecule has 0 aromatic heterocycles. The molecule has 2 N–H and O–H groups in total. The van der Waals surface area contributed by atoms with E-state index in [2.05, 4.69) is 0 Å². The van der Waals surface area contributed by atoms with Crippen molar-refractivity contribution in [1.29, 1.82) is 0 Å². The van der Waals surface area contributed by atoms with E-state index in [9.17, 15) is 13.0 Å². The lowest BCUT2D eigenvalue weighted by atomic mass is 9.97. The van der Waals surface area contributed by atoms with E-state index in [4.69, 9.17) is 5.11 Å². The molecule has 0 atom stereocenters. The van der Waals surface area contributed by atoms with Gasteiger partial charge in [-0.2, -0.15) is 8.42 Å². The molecule has 0 amide bonds. The molecule has 0 aliphatic heterocycles. The molecular formula is C14H16O4S. The predicted molar refractivity (Wildman–Crippen MR) is 74.0 cm³/mol. The van der Waals surface area contributed by atoms with Crippen molar-refractivity contribution in [2.75, 3.05) is 6.61 Å². The van der Waals surface area contributed by atoms with E-state index in [0.717, 1.165) is 21.9 Å². The second-order valence-corrected chi connectivity index (χ2v) is 6.04. The number of aryl methyl sites for hydroxylation is 2. The molecule has 102 valence electrons. The van der Waals surface area contributed by atoms with Crippen molar-refractivity contribution >= 4 is 20.9 Å². The highest BCUT2D eigenvalue weighted by atomic mass is 32.2. The summed E-state index contributed by atoms with van der Waals surface area (Å²) in [5.41, 5.74) is 2.27. The van der Waals surface area contributed by atoms with Crippen LogP contribution in [0.4, 0.5) is 0 Å². The van der Waals surface area contributed by atoms with Gasteiger partial charge in [-0.1, -0.05) is 23.8 Å². The van der Waals surface area contributed by atoms with E-state index in [1.54, 1.807) is 6.92 Å². The average Bonchev–Trinajstić information content (AvgIpc) is 2.31. The fourth-order valence-corrected chi connectivity index (χ4v) is 3.21. The average molecular weight is 280 g/mol. The summed E-state index contributed by atoms with van der Waals surface area (Å²) in [6.07, 6.45) is 0.199. The van der Waals surface area contributed by atoms with Crippen molar-refractivity contribution < 1.29 is 18.1 Å². The highest BCUT2D eigenvalue weighted by molar-refractivity contribution is 7.85. The van der Waals surface area contributed by atoms with Gasteiger partial charge in [0.05, 0.1) is 4.90 Å². The van der Waals surface area contributed by atoms with Crippen LogP contribution >= 0.6 is 0 Å². The lowest BCUT2D eigenvalue weighted by Crippen LogP contribution is -2.07. The van der Waals surface area contributed by atoms with Crippen LogP contribution in [-0.2, 0) is 16.5 Å². The van der Waals surface area contributed by atoms with Gasteiger partial charge in [-0.05, 0) is 48.2 Å². The summed E-state index contributed by atoms with van der Waals surface area (Å²) in [5, 5.41) is 10.8. The van der Waals surface area contributed by atoms with E-state index in [0.29, 0.717) is 5.56 Å². The Balaban J connectivity index is 2.89. The van der Waals surface area contributed by atoms with Crippen LogP contribution in [0.2, 0.25) is 0 Å². The van der Waals surface area contributed by atoms with Gasteiger partial charge in [-0.25, -0.2) is 0 Å². The Morgan fingerprint density at radius 2 is 1.84 bits per heavy atom. The Morgan fingerprint density at radius 1 is 1.16 bits per heavy atom. The van der Waals surface area contributed by atoms with E-state index >= 15 is 0 Å². The number of hydrogen-bond donors (Lipinski definition) is 2. The molecule has 0 radical (unpaired) electrons. The summed E-state index contributed by atoms with van der Waals surface area (Å²) >= 11 is 0. The first-order valence-corrected chi connectivity index (χ1v) is 7.40. The first-order valence-electron chi connectivity index (χ1n) is 5.96. The quantitative estimate of drug-likeness (QED) is 0.846. The monoisotopic (exact) mass is 280 g/mol. The number of rotatable bonds is 3. The molecule has 0 aliphatic carbocycles. The smallest absolute Gasteiger partial charge is 0.294 e. The largest absolute Gasteiger partial charge is 0.396 e. The second-order valence-electron chi connectivity index (χ2n) is 4.65. The minimum absolute atomic E-state index is 0.114. The van der Waals surface area contributed by atoms with Gasteiger partial charge in [0, 0.05) is 6.61 Å². The predicted octanol–water partition coefficient (Wildman–Crippen LogP) is 2.24. The Hall–Kier alpha value is -1.43. The summed E-state index contributed by atoms with van der Waals surface area (Å²) < 4.78 is 32.3. The Labute approximate surface area is 112 Å². The summed E-state index contributed by atoms with van der Waals surface area (Å²) in [6.45, 7) is 3.56. The van der Waals surface area contributed by atoms with Gasteiger partial charge in [-0.3, -0.25) is 4.55 Å². The van der Waals surface area contributed by atoms with Crippen LogP contribution < -0.4 is 0 Å². The molecule has 0 spiro atoms. The number of hydrogen-bond acceptors (Lipinski definition) is 3. The molecular weight excluding hydrogens is 264 g/mol. The molecule has 0 fully saturated rings. The van der Waals surface area contributed by atoms with Gasteiger partial charge in [-0.15, -0.1) is 0 Å². The van der Waals surface area contributed by atoms with Crippen LogP contribution in [0.5, 0.6) is 0 Å². The first-order chi connectivity index (χ1) is 8.84. The van der Waals surface area contributed by atoms with Crippen molar-refractivity contribution in [3.05, 3.63) is 41.0 Å². The standard InChI is InChI=1S/C14H16O4S/c1-9-3-4-12-10(2)13(5-6-15)14(19(16,17)18)8-11(12)7-9/h3-4,7-8,15H,5-6H2,1-2H3,(H,16,17,18). The minimum atomic E-state index is -4.29. The third kappa shape index (κ3) is 2.63. The van der Waals surface area contributed by atoms with E-state index in [1.807, 2.05) is 25.1 Å². The van der Waals surface area contributed by atoms with Gasteiger partial charge < -0.3 is 5.11 Å². The maximum absolute atomic E-state index is 11.5. The van der Waals surface area contributed by atoms with Gasteiger partial charge in [0.1, 0.15) is 0 Å². The van der Waals surface area contributed by atoms with Crippen LogP contribution in [-0.4, -0.2) is 24.7 Å². The third-order valence-electron chi connectivity index (χ3n) is 3.29. The third-order valence-corrected chi connectivity index (χ3v) is 4.21. The molecule has 2 rings (SSSR count). The SMILES string of the molecule is Cc1ccc2c(C)c(CCO)c(S(=O)(=O)O)cc2c1. The van der Waals surface area contributed by atoms with E-state index in [-0.39, 0.29) is 17.9 Å². The van der Waals surface area contributed by atoms with E-state index in [1.165, 1.54) is 6.07 Å². The second kappa shape index (κ2) is 4.92. The molecule has 0 aliphatic rings. The van der Waals surface area contributed by atoms with E-state index < -0.39 is 10.1 Å². The lowest BCUT2D eigenvalue weighted by molar-refractivity contribution is 0.298. The van der Waals surface area contributed by atoms with Crippen molar-refractivity contribution in [2.24, 2.45) is 0 Å². The summed E-state index contributed by atoms with van der Waals surface area (Å²) in [4.78, 5) is -0.114. The molecule has 4 nitrogen and oxygen atoms in total. The first kappa shape index (κ1) is 14.0. The summed E-state index contributed by atoms with van der Waals surface area (Å²) in [7, 11) is -4.29. The number of fused-ring (bicyclic) bond motifs is 1. The fraction of sp³-hybridized carbons (Fsp3) is 0.286. The molecule has 0 bridgehead atoms. The van der Waals surface area contributed by atoms with Crippen LogP contribution in [0.25, 0.3) is 10.8 Å². The molecule has 19 heavy (non-hydrogen) atoms. The van der Waals surface area contributed by atoms with Crippen LogP contribution in [0, 0.1) is 13.8 Å². The van der Waals surface area contributed by atoms with Gasteiger partial charge in [0.2, 0.25) is 0 Å². The lowest BCUT2D eigenvalue weighted by Gasteiger charge is -2.13. The Morgan fingerprint density at radius 3 is 2.42 bits per heavy atom. The molecule has 0 saturated heterocycles. The van der Waals surface area contributed by atoms with Crippen LogP contribution in [0.15, 0.2) is 29.2 Å². The van der Waals surface area contributed by atoms with Crippen molar-refractivity contribution in [3.8, 4) is 0 Å². The van der Waals surface area contributed by atoms with Crippen LogP contribution in [0.3, 0.4) is 0 Å². The molecule has 0 heterocycles. The fourth-order valence-electron chi connectivity index (χ4n) is 2.37. The summed E-state index contributed by atoms with van der Waals surface area (Å²) in [5.74, 6) is 0. The topological polar surface area (TPSA) is 74.6 Å². The molecule has 0 unspecified atom stereocenters. The molecule has 0 saturated carbocycles. The zero-order chi connectivity index (χ0) is 14.2. The molecule has 5 heteroatoms. The molecule has 2 aromatic carbocycles. The highest BCUT2D eigenvalue weighted by Gasteiger charge is 2.19. The normalized spacial score (nSPS) is 12.0. The zero-order valence-corrected chi connectivity index (χ0v) is 11.7. The Kier molecular flexibility index (Phi) is 3.62. The highest BCUT2D eigenvalue weighted by Crippen LogP contribution is 2.29.